The Morgan fingerprint density at radius 3 is 1.62 bits per heavy atom. The van der Waals surface area contributed by atoms with Crippen molar-refractivity contribution in [1.29, 1.82) is 0 Å². The molecule has 34 heavy (non-hydrogen) atoms. The molecular weight excluding hydrogens is 520 g/mol. The summed E-state index contributed by atoms with van der Waals surface area (Å²) in [5.41, 5.74) is -0.880. The van der Waals surface area contributed by atoms with Crippen LogP contribution in [0.25, 0.3) is 10.9 Å². The van der Waals surface area contributed by atoms with Gasteiger partial charge in [-0.15, -0.1) is 0 Å². The number of nitrogens with zero attached hydrogens (tertiary/aromatic N) is 1. The molecule has 1 heterocycles. The maximum absolute atomic E-state index is 13.6. The first-order chi connectivity index (χ1) is 15.0. The van der Waals surface area contributed by atoms with Crippen LogP contribution in [-0.4, -0.2) is 52.5 Å². The van der Waals surface area contributed by atoms with Gasteiger partial charge in [0.25, 0.3) is 0 Å². The van der Waals surface area contributed by atoms with Gasteiger partial charge < -0.3 is 4.74 Å². The summed E-state index contributed by atoms with van der Waals surface area (Å²) in [4.78, 5) is 22.9. The second-order valence-corrected chi connectivity index (χ2v) is 6.39. The van der Waals surface area contributed by atoms with E-state index < -0.39 is 69.1 Å². The van der Waals surface area contributed by atoms with Gasteiger partial charge in [-0.2, -0.15) is 61.5 Å². The highest BCUT2D eigenvalue weighted by atomic mass is 19.4. The highest BCUT2D eigenvalue weighted by molar-refractivity contribution is 5.97. The van der Waals surface area contributed by atoms with Crippen LogP contribution in [0.15, 0.2) is 30.5 Å². The number of rotatable bonds is 5. The molecule has 0 saturated carbocycles. The topological polar surface area (TPSA) is 48.3 Å². The van der Waals surface area contributed by atoms with Crippen LogP contribution >= 0.6 is 0 Å². The Morgan fingerprint density at radius 2 is 1.15 bits per heavy atom. The number of fused-ring (bicyclic) bond motifs is 1. The van der Waals surface area contributed by atoms with Gasteiger partial charge in [0.05, 0.1) is 5.52 Å². The second-order valence-electron chi connectivity index (χ2n) is 6.39. The van der Waals surface area contributed by atoms with E-state index in [1.54, 1.807) is 0 Å². The van der Waals surface area contributed by atoms with E-state index in [1.807, 2.05) is 0 Å². The molecule has 0 aliphatic rings. The molecule has 2 rings (SSSR count). The number of hydrogen-bond acceptors (Lipinski definition) is 3. The van der Waals surface area contributed by atoms with Crippen LogP contribution in [-0.2, 0) is 4.79 Å². The molecule has 1 aromatic carbocycles. The SMILES string of the molecule is O=C(Oc1ccc2c(ccn2C(=O)C(F)(F)C(F)(F)C(F)(F)F)c1)C(F)(F)C(F)(F)C(F)(F)F. The molecule has 0 radical (unpaired) electrons. The Labute approximate surface area is 176 Å². The fourth-order valence-electron chi connectivity index (χ4n) is 2.30. The summed E-state index contributed by atoms with van der Waals surface area (Å²) in [5, 5.41) is -0.643. The number of hydrogen-bond donors (Lipinski definition) is 0. The van der Waals surface area contributed by atoms with E-state index in [4.69, 9.17) is 0 Å². The summed E-state index contributed by atoms with van der Waals surface area (Å²) in [7, 11) is 0. The highest BCUT2D eigenvalue weighted by Gasteiger charge is 2.78. The van der Waals surface area contributed by atoms with E-state index >= 15 is 0 Å². The number of alkyl halides is 14. The molecule has 0 saturated heterocycles. The van der Waals surface area contributed by atoms with Gasteiger partial charge >= 0.3 is 47.9 Å². The summed E-state index contributed by atoms with van der Waals surface area (Å²) in [5.74, 6) is -34.2. The van der Waals surface area contributed by atoms with Crippen molar-refractivity contribution in [2.24, 2.45) is 0 Å². The van der Waals surface area contributed by atoms with Gasteiger partial charge in [0.1, 0.15) is 5.75 Å². The molecule has 0 unspecified atom stereocenters. The van der Waals surface area contributed by atoms with Gasteiger partial charge in [-0.05, 0) is 24.3 Å². The Bertz CT molecular complexity index is 1110. The number of carbonyl (C=O) groups is 2. The Balaban J connectivity index is 2.40. The zero-order valence-electron chi connectivity index (χ0n) is 15.4. The molecule has 0 fully saturated rings. The highest BCUT2D eigenvalue weighted by Crippen LogP contribution is 2.48. The normalized spacial score (nSPS) is 14.4. The first-order valence-electron chi connectivity index (χ1n) is 8.03. The van der Waals surface area contributed by atoms with Gasteiger partial charge in [-0.25, -0.2) is 4.79 Å². The predicted molar refractivity (Wildman–Crippen MR) is 80.1 cm³/mol. The summed E-state index contributed by atoms with van der Waals surface area (Å²) in [6.45, 7) is 0. The molecule has 0 bridgehead atoms. The summed E-state index contributed by atoms with van der Waals surface area (Å²) in [6.07, 6.45) is -13.5. The minimum Gasteiger partial charge on any atom is -0.422 e. The van der Waals surface area contributed by atoms with E-state index in [0.717, 1.165) is 0 Å². The van der Waals surface area contributed by atoms with Crippen LogP contribution in [0.4, 0.5) is 61.5 Å². The van der Waals surface area contributed by atoms with Crippen LogP contribution in [0.2, 0.25) is 0 Å². The van der Waals surface area contributed by atoms with E-state index in [9.17, 15) is 71.1 Å². The zero-order chi connectivity index (χ0) is 26.7. The fourth-order valence-corrected chi connectivity index (χ4v) is 2.30. The molecule has 4 nitrogen and oxygen atoms in total. The lowest BCUT2D eigenvalue weighted by atomic mass is 10.1. The van der Waals surface area contributed by atoms with Crippen molar-refractivity contribution in [2.45, 2.75) is 36.0 Å². The van der Waals surface area contributed by atoms with E-state index in [0.29, 0.717) is 18.2 Å². The monoisotopic (exact) mass is 525 g/mol. The van der Waals surface area contributed by atoms with Gasteiger partial charge in [-0.3, -0.25) is 9.36 Å². The molecule has 1 aromatic heterocycles. The zero-order valence-corrected chi connectivity index (χ0v) is 15.4. The molecule has 190 valence electrons. The third-order valence-corrected chi connectivity index (χ3v) is 4.12. The molecule has 0 amide bonds. The summed E-state index contributed by atoms with van der Waals surface area (Å²) < 4.78 is 182. The van der Waals surface area contributed by atoms with Crippen LogP contribution in [0, 0.1) is 0 Å². The number of aromatic nitrogens is 1. The Kier molecular flexibility index (Phi) is 6.17. The Hall–Kier alpha value is -3.08. The number of carbonyl (C=O) groups excluding carboxylic acids is 2. The van der Waals surface area contributed by atoms with Crippen LogP contribution in [0.3, 0.4) is 0 Å². The van der Waals surface area contributed by atoms with Crippen molar-refractivity contribution >= 4 is 22.8 Å². The Morgan fingerprint density at radius 1 is 0.676 bits per heavy atom. The first kappa shape index (κ1) is 27.2. The standard InChI is InChI=1S/C16H5F14NO3/c17-11(18,13(21,22)15(25,26)27)9(32)31-4-3-6-5-7(1-2-8(6)31)34-10(33)12(19,20)14(23,24)16(28,29)30/h1-5H. The van der Waals surface area contributed by atoms with E-state index in [1.165, 1.54) is 0 Å². The van der Waals surface area contributed by atoms with Crippen molar-refractivity contribution < 1.29 is 75.8 Å². The average molecular weight is 525 g/mol. The third-order valence-electron chi connectivity index (χ3n) is 4.12. The number of halogens is 14. The van der Waals surface area contributed by atoms with Crippen LogP contribution in [0.1, 0.15) is 4.79 Å². The molecule has 0 aliphatic heterocycles. The maximum Gasteiger partial charge on any atom is 0.460 e. The van der Waals surface area contributed by atoms with Crippen molar-refractivity contribution in [3.63, 3.8) is 0 Å². The van der Waals surface area contributed by atoms with Gasteiger partial charge in [0.15, 0.2) is 0 Å². The lowest BCUT2D eigenvalue weighted by Crippen LogP contribution is -2.57. The maximum atomic E-state index is 13.6. The molecule has 0 spiro atoms. The van der Waals surface area contributed by atoms with Crippen molar-refractivity contribution in [1.82, 2.24) is 4.57 Å². The molecule has 0 aliphatic carbocycles. The fraction of sp³-hybridized carbons (Fsp3) is 0.375. The molecule has 18 heteroatoms. The van der Waals surface area contributed by atoms with Gasteiger partial charge in [0.2, 0.25) is 0 Å². The molecule has 0 atom stereocenters. The number of benzene rings is 1. The first-order valence-corrected chi connectivity index (χ1v) is 8.03. The van der Waals surface area contributed by atoms with E-state index in [2.05, 4.69) is 4.74 Å². The van der Waals surface area contributed by atoms with Crippen molar-refractivity contribution in [3.8, 4) is 5.75 Å². The third kappa shape index (κ3) is 4.02. The summed E-state index contributed by atoms with van der Waals surface area (Å²) >= 11 is 0. The van der Waals surface area contributed by atoms with Crippen molar-refractivity contribution in [2.75, 3.05) is 0 Å². The predicted octanol–water partition coefficient (Wildman–Crippen LogP) is 5.85. The molecule has 2 aromatic rings. The molecule has 0 N–H and O–H groups in total. The van der Waals surface area contributed by atoms with Gasteiger partial charge in [0, 0.05) is 11.6 Å². The largest absolute Gasteiger partial charge is 0.460 e. The molecular formula is C16H5F14NO3. The van der Waals surface area contributed by atoms with Crippen molar-refractivity contribution in [3.05, 3.63) is 30.5 Å². The lowest BCUT2D eigenvalue weighted by Gasteiger charge is -2.27. The van der Waals surface area contributed by atoms with Gasteiger partial charge in [-0.1, -0.05) is 0 Å². The minimum absolute atomic E-state index is 0.228. The summed E-state index contributed by atoms with van der Waals surface area (Å²) in [6, 6.07) is 1.50. The minimum atomic E-state index is -6.87. The second kappa shape index (κ2) is 7.72. The number of ether oxygens (including phenoxy) is 1. The quantitative estimate of drug-likeness (QED) is 0.280. The smallest absolute Gasteiger partial charge is 0.422 e. The van der Waals surface area contributed by atoms with E-state index in [-0.39, 0.29) is 12.3 Å². The van der Waals surface area contributed by atoms with Crippen LogP contribution < -0.4 is 4.74 Å². The average Bonchev–Trinajstić information content (AvgIpc) is 3.08. The van der Waals surface area contributed by atoms with Crippen LogP contribution in [0.5, 0.6) is 5.75 Å². The lowest BCUT2D eigenvalue weighted by molar-refractivity contribution is -0.346. The number of esters is 1.